The molecule has 0 N–H and O–H groups in total. The van der Waals surface area contributed by atoms with Gasteiger partial charge in [0.1, 0.15) is 12.7 Å². The lowest BCUT2D eigenvalue weighted by Crippen LogP contribution is -2.39. The van der Waals surface area contributed by atoms with Crippen molar-refractivity contribution in [2.45, 2.75) is 12.6 Å². The molecule has 4 heteroatoms. The highest BCUT2D eigenvalue weighted by atomic mass is 16.6. The molecule has 22 heavy (non-hydrogen) atoms. The lowest BCUT2D eigenvalue weighted by atomic mass is 10.1. The lowest BCUT2D eigenvalue weighted by Gasteiger charge is -2.29. The van der Waals surface area contributed by atoms with Gasteiger partial charge in [0.15, 0.2) is 11.5 Å². The quantitative estimate of drug-likeness (QED) is 0.870. The van der Waals surface area contributed by atoms with Gasteiger partial charge in [-0.15, -0.1) is 0 Å². The fraction of sp³-hybridized carbons (Fsp3) is 0.278. The maximum Gasteiger partial charge on any atom is 0.161 e. The van der Waals surface area contributed by atoms with Crippen LogP contribution in [0.2, 0.25) is 0 Å². The Bertz CT molecular complexity index is 676. The molecule has 1 unspecified atom stereocenters. The molecule has 0 amide bonds. The fourth-order valence-corrected chi connectivity index (χ4v) is 2.56. The number of hydrogen-bond donors (Lipinski definition) is 0. The van der Waals surface area contributed by atoms with Gasteiger partial charge < -0.3 is 9.47 Å². The Morgan fingerprint density at radius 2 is 1.86 bits per heavy atom. The maximum absolute atomic E-state index is 8.82. The molecular formula is C18H18N2O2. The topological polar surface area (TPSA) is 45.5 Å². The molecule has 1 aliphatic rings. The molecule has 1 aliphatic heterocycles. The van der Waals surface area contributed by atoms with Crippen LogP contribution in [-0.4, -0.2) is 31.2 Å². The first-order valence-electron chi connectivity index (χ1n) is 7.30. The Hall–Kier alpha value is -2.51. The average Bonchev–Trinajstić information content (AvgIpc) is 2.55. The second kappa shape index (κ2) is 6.50. The fourth-order valence-electron chi connectivity index (χ4n) is 2.56. The summed E-state index contributed by atoms with van der Waals surface area (Å²) in [5, 5.41) is 8.82. The van der Waals surface area contributed by atoms with E-state index in [1.807, 2.05) is 48.5 Å². The zero-order valence-electron chi connectivity index (χ0n) is 12.5. The smallest absolute Gasteiger partial charge is 0.161 e. The van der Waals surface area contributed by atoms with E-state index in [4.69, 9.17) is 14.7 Å². The standard InChI is InChI=1S/C18H18N2O2/c1-20(11-15-8-6-14(10-19)7-9-15)12-16-13-21-17-4-2-3-5-18(17)22-16/h2-9,16H,11-13H2,1H3. The van der Waals surface area contributed by atoms with E-state index in [9.17, 15) is 0 Å². The van der Waals surface area contributed by atoms with Crippen molar-refractivity contribution in [3.8, 4) is 17.6 Å². The molecule has 0 spiro atoms. The van der Waals surface area contributed by atoms with Crippen LogP contribution in [0.3, 0.4) is 0 Å². The van der Waals surface area contributed by atoms with Gasteiger partial charge >= 0.3 is 0 Å². The Kier molecular flexibility index (Phi) is 4.27. The van der Waals surface area contributed by atoms with Crippen molar-refractivity contribution in [2.24, 2.45) is 0 Å². The molecule has 1 atom stereocenters. The third-order valence-corrected chi connectivity index (χ3v) is 3.62. The third kappa shape index (κ3) is 3.38. The summed E-state index contributed by atoms with van der Waals surface area (Å²) in [6, 6.07) is 17.6. The maximum atomic E-state index is 8.82. The summed E-state index contributed by atoms with van der Waals surface area (Å²) in [5.41, 5.74) is 1.87. The van der Waals surface area contributed by atoms with Crippen LogP contribution in [0.15, 0.2) is 48.5 Å². The number of hydrogen-bond acceptors (Lipinski definition) is 4. The second-order valence-electron chi connectivity index (χ2n) is 5.50. The zero-order chi connectivity index (χ0) is 15.4. The van der Waals surface area contributed by atoms with Gasteiger partial charge in [0, 0.05) is 13.1 Å². The highest BCUT2D eigenvalue weighted by Crippen LogP contribution is 2.30. The van der Waals surface area contributed by atoms with Crippen molar-refractivity contribution in [1.82, 2.24) is 4.90 Å². The molecule has 0 saturated heterocycles. The molecule has 112 valence electrons. The highest BCUT2D eigenvalue weighted by Gasteiger charge is 2.21. The summed E-state index contributed by atoms with van der Waals surface area (Å²) in [5.74, 6) is 1.62. The Balaban J connectivity index is 1.56. The Labute approximate surface area is 130 Å². The van der Waals surface area contributed by atoms with Gasteiger partial charge in [-0.3, -0.25) is 4.90 Å². The predicted molar refractivity (Wildman–Crippen MR) is 83.8 cm³/mol. The minimum atomic E-state index is 0.0262. The number of nitriles is 1. The van der Waals surface area contributed by atoms with Gasteiger partial charge in [-0.05, 0) is 36.9 Å². The molecule has 0 saturated carbocycles. The summed E-state index contributed by atoms with van der Waals surface area (Å²) >= 11 is 0. The minimum Gasteiger partial charge on any atom is -0.486 e. The van der Waals surface area contributed by atoms with Crippen molar-refractivity contribution in [3.63, 3.8) is 0 Å². The van der Waals surface area contributed by atoms with Crippen LogP contribution < -0.4 is 9.47 Å². The third-order valence-electron chi connectivity index (χ3n) is 3.62. The predicted octanol–water partition coefficient (Wildman–Crippen LogP) is 2.83. The molecule has 0 aliphatic carbocycles. The van der Waals surface area contributed by atoms with Gasteiger partial charge in [0.25, 0.3) is 0 Å². The molecule has 0 aromatic heterocycles. The van der Waals surface area contributed by atoms with Gasteiger partial charge in [-0.1, -0.05) is 24.3 Å². The van der Waals surface area contributed by atoms with E-state index in [1.165, 1.54) is 5.56 Å². The lowest BCUT2D eigenvalue weighted by molar-refractivity contribution is 0.0638. The summed E-state index contributed by atoms with van der Waals surface area (Å²) in [6.45, 7) is 2.16. The Morgan fingerprint density at radius 3 is 2.59 bits per heavy atom. The molecule has 2 aromatic carbocycles. The second-order valence-corrected chi connectivity index (χ2v) is 5.50. The number of nitrogens with zero attached hydrogens (tertiary/aromatic N) is 2. The molecular weight excluding hydrogens is 276 g/mol. The van der Waals surface area contributed by atoms with Crippen LogP contribution in [0.4, 0.5) is 0 Å². The van der Waals surface area contributed by atoms with Crippen LogP contribution in [0.1, 0.15) is 11.1 Å². The summed E-state index contributed by atoms with van der Waals surface area (Å²) in [4.78, 5) is 2.20. The number of benzene rings is 2. The van der Waals surface area contributed by atoms with Crippen molar-refractivity contribution in [2.75, 3.05) is 20.2 Å². The molecule has 3 rings (SSSR count). The summed E-state index contributed by atoms with van der Waals surface area (Å²) < 4.78 is 11.7. The summed E-state index contributed by atoms with van der Waals surface area (Å²) in [7, 11) is 2.06. The number of fused-ring (bicyclic) bond motifs is 1. The monoisotopic (exact) mass is 294 g/mol. The van der Waals surface area contributed by atoms with Gasteiger partial charge in [-0.2, -0.15) is 5.26 Å². The normalized spacial score (nSPS) is 16.3. The molecule has 0 fully saturated rings. The van der Waals surface area contributed by atoms with Crippen molar-refractivity contribution >= 4 is 0 Å². The number of ether oxygens (including phenoxy) is 2. The van der Waals surface area contributed by atoms with Crippen LogP contribution in [0.5, 0.6) is 11.5 Å². The number of rotatable bonds is 4. The average molecular weight is 294 g/mol. The molecule has 0 bridgehead atoms. The van der Waals surface area contributed by atoms with Crippen LogP contribution in [-0.2, 0) is 6.54 Å². The van der Waals surface area contributed by atoms with Crippen molar-refractivity contribution < 1.29 is 9.47 Å². The highest BCUT2D eigenvalue weighted by molar-refractivity contribution is 5.40. The van der Waals surface area contributed by atoms with E-state index in [1.54, 1.807) is 0 Å². The van der Waals surface area contributed by atoms with Gasteiger partial charge in [-0.25, -0.2) is 0 Å². The van der Waals surface area contributed by atoms with Gasteiger partial charge in [0.2, 0.25) is 0 Å². The van der Waals surface area contributed by atoms with Crippen LogP contribution in [0, 0.1) is 11.3 Å². The molecule has 4 nitrogen and oxygen atoms in total. The Morgan fingerprint density at radius 1 is 1.14 bits per heavy atom. The first-order valence-corrected chi connectivity index (χ1v) is 7.30. The van der Waals surface area contributed by atoms with Crippen molar-refractivity contribution in [1.29, 1.82) is 5.26 Å². The van der Waals surface area contributed by atoms with E-state index < -0.39 is 0 Å². The van der Waals surface area contributed by atoms with E-state index in [-0.39, 0.29) is 6.10 Å². The van der Waals surface area contributed by atoms with E-state index in [0.29, 0.717) is 12.2 Å². The number of likely N-dealkylation sites (N-methyl/N-ethyl adjacent to an activating group) is 1. The largest absolute Gasteiger partial charge is 0.486 e. The van der Waals surface area contributed by atoms with Gasteiger partial charge in [0.05, 0.1) is 11.6 Å². The van der Waals surface area contributed by atoms with E-state index in [2.05, 4.69) is 18.0 Å². The molecule has 1 heterocycles. The van der Waals surface area contributed by atoms with Crippen molar-refractivity contribution in [3.05, 3.63) is 59.7 Å². The first kappa shape index (κ1) is 14.4. The summed E-state index contributed by atoms with van der Waals surface area (Å²) in [6.07, 6.45) is 0.0262. The first-order chi connectivity index (χ1) is 10.7. The van der Waals surface area contributed by atoms with E-state index >= 15 is 0 Å². The van der Waals surface area contributed by atoms with Crippen LogP contribution >= 0.6 is 0 Å². The SMILES string of the molecule is CN(Cc1ccc(C#N)cc1)CC1COc2ccccc2O1. The molecule has 0 radical (unpaired) electrons. The molecule has 2 aromatic rings. The zero-order valence-corrected chi connectivity index (χ0v) is 12.5. The van der Waals surface area contributed by atoms with Crippen LogP contribution in [0.25, 0.3) is 0 Å². The number of para-hydroxylation sites is 2. The minimum absolute atomic E-state index is 0.0262. The van der Waals surface area contributed by atoms with E-state index in [0.717, 1.165) is 24.6 Å².